The summed E-state index contributed by atoms with van der Waals surface area (Å²) in [6, 6.07) is 0. The number of ether oxygens (including phenoxy) is 1. The van der Waals surface area contributed by atoms with Crippen LogP contribution in [0.1, 0.15) is 20.8 Å². The molecule has 0 fully saturated rings. The zero-order chi connectivity index (χ0) is 9.19. The van der Waals surface area contributed by atoms with Crippen molar-refractivity contribution in [1.82, 2.24) is 0 Å². The fourth-order valence-electron chi connectivity index (χ4n) is 0.847. The molecule has 0 aromatic carbocycles. The fraction of sp³-hybridized carbons (Fsp3) is 0.444. The van der Waals surface area contributed by atoms with Crippen molar-refractivity contribution in [2.75, 3.05) is 0 Å². The van der Waals surface area contributed by atoms with E-state index in [1.807, 2.05) is 32.9 Å². The number of quaternary nitrogens is 1. The van der Waals surface area contributed by atoms with Crippen molar-refractivity contribution in [3.63, 3.8) is 0 Å². The van der Waals surface area contributed by atoms with E-state index in [0.717, 1.165) is 0 Å². The second-order valence-electron chi connectivity index (χ2n) is 3.68. The van der Waals surface area contributed by atoms with E-state index in [-0.39, 0.29) is 23.1 Å². The minimum atomic E-state index is -0.408. The summed E-state index contributed by atoms with van der Waals surface area (Å²) in [5, 5.41) is 0. The number of hydrogen-bond donors (Lipinski definition) is 1. The molecular formula is C9H14BrNO2. The number of alkyl carbamates (subject to hydrolysis) is 2. The number of nitrogens with one attached hydrogen (secondary N) is 1. The van der Waals surface area contributed by atoms with Crippen LogP contribution < -0.4 is 21.9 Å². The van der Waals surface area contributed by atoms with Gasteiger partial charge in [0.25, 0.3) is 0 Å². The van der Waals surface area contributed by atoms with E-state index in [0.29, 0.717) is 4.90 Å². The molecule has 0 aromatic heterocycles. The van der Waals surface area contributed by atoms with Crippen molar-refractivity contribution in [3.8, 4) is 0 Å². The number of hydrogen-bond acceptors (Lipinski definition) is 2. The third-order valence-corrected chi connectivity index (χ3v) is 1.30. The maximum atomic E-state index is 11.3. The Hall–Kier alpha value is -0.610. The Labute approximate surface area is 88.8 Å². The van der Waals surface area contributed by atoms with Gasteiger partial charge in [0.15, 0.2) is 0 Å². The highest BCUT2D eigenvalue weighted by molar-refractivity contribution is 5.59. The van der Waals surface area contributed by atoms with Gasteiger partial charge in [-0.25, -0.2) is 0 Å². The SMILES string of the molecule is CC(C)(C)OC(=O)[NH+]1C=CC=C1.[Br-]. The molecule has 4 heteroatoms. The average Bonchev–Trinajstić information content (AvgIpc) is 2.32. The molecule has 1 rings (SSSR count). The summed E-state index contributed by atoms with van der Waals surface area (Å²) in [4.78, 5) is 11.9. The van der Waals surface area contributed by atoms with E-state index < -0.39 is 5.60 Å². The summed E-state index contributed by atoms with van der Waals surface area (Å²) < 4.78 is 5.14. The van der Waals surface area contributed by atoms with Crippen LogP contribution in [0.2, 0.25) is 0 Å². The summed E-state index contributed by atoms with van der Waals surface area (Å²) in [7, 11) is 0. The molecule has 0 aromatic rings. The van der Waals surface area contributed by atoms with Gasteiger partial charge in [0, 0.05) is 0 Å². The normalized spacial score (nSPS) is 15.6. The highest BCUT2D eigenvalue weighted by Gasteiger charge is 2.24. The number of halogens is 1. The molecule has 0 bridgehead atoms. The van der Waals surface area contributed by atoms with Crippen LogP contribution in [-0.4, -0.2) is 11.7 Å². The van der Waals surface area contributed by atoms with Crippen molar-refractivity contribution in [2.45, 2.75) is 26.4 Å². The van der Waals surface area contributed by atoms with E-state index in [2.05, 4.69) is 0 Å². The first-order valence-electron chi connectivity index (χ1n) is 3.94. The molecule has 0 aliphatic carbocycles. The second kappa shape index (κ2) is 4.58. The zero-order valence-electron chi connectivity index (χ0n) is 8.00. The van der Waals surface area contributed by atoms with Gasteiger partial charge in [0.1, 0.15) is 18.0 Å². The van der Waals surface area contributed by atoms with E-state index in [1.54, 1.807) is 12.4 Å². The monoisotopic (exact) mass is 247 g/mol. The van der Waals surface area contributed by atoms with Crippen LogP contribution in [-0.2, 0) is 4.74 Å². The van der Waals surface area contributed by atoms with Gasteiger partial charge >= 0.3 is 6.09 Å². The minimum Gasteiger partial charge on any atom is -1.00 e. The molecule has 1 N–H and O–H groups in total. The van der Waals surface area contributed by atoms with Crippen molar-refractivity contribution in [1.29, 1.82) is 0 Å². The summed E-state index contributed by atoms with van der Waals surface area (Å²) in [6.45, 7) is 5.56. The maximum absolute atomic E-state index is 11.3. The molecule has 1 aliphatic rings. The number of amides is 1. The van der Waals surface area contributed by atoms with Crippen molar-refractivity contribution >= 4 is 6.09 Å². The lowest BCUT2D eigenvalue weighted by Gasteiger charge is -2.18. The van der Waals surface area contributed by atoms with Gasteiger partial charge in [-0.3, -0.25) is 0 Å². The molecule has 1 amide bonds. The summed E-state index contributed by atoms with van der Waals surface area (Å²) in [6.07, 6.45) is 6.87. The quantitative estimate of drug-likeness (QED) is 0.530. The van der Waals surface area contributed by atoms with Gasteiger partial charge in [0.05, 0.1) is 0 Å². The first-order chi connectivity index (χ1) is 5.49. The van der Waals surface area contributed by atoms with Gasteiger partial charge in [-0.15, -0.1) is 0 Å². The van der Waals surface area contributed by atoms with Crippen molar-refractivity contribution in [3.05, 3.63) is 24.6 Å². The predicted octanol–water partition coefficient (Wildman–Crippen LogP) is -2.15. The summed E-state index contributed by atoms with van der Waals surface area (Å²) in [5.74, 6) is 0. The zero-order valence-corrected chi connectivity index (χ0v) is 9.59. The number of allylic oxidation sites excluding steroid dienone is 2. The third kappa shape index (κ3) is 4.24. The molecule has 0 atom stereocenters. The number of carbonyl (C=O) groups excluding carboxylic acids is 1. The molecule has 0 saturated carbocycles. The molecule has 0 spiro atoms. The van der Waals surface area contributed by atoms with Crippen LogP contribution >= 0.6 is 0 Å². The Morgan fingerprint density at radius 1 is 1.23 bits per heavy atom. The molecule has 13 heavy (non-hydrogen) atoms. The Balaban J connectivity index is 0.00000144. The van der Waals surface area contributed by atoms with E-state index >= 15 is 0 Å². The molecule has 3 nitrogen and oxygen atoms in total. The minimum absolute atomic E-state index is 0. The highest BCUT2D eigenvalue weighted by Crippen LogP contribution is 2.05. The van der Waals surface area contributed by atoms with Crippen LogP contribution in [0.25, 0.3) is 0 Å². The topological polar surface area (TPSA) is 30.7 Å². The maximum Gasteiger partial charge on any atom is 0.524 e. The van der Waals surface area contributed by atoms with Crippen molar-refractivity contribution < 1.29 is 31.4 Å². The Bertz CT molecular complexity index is 228. The highest BCUT2D eigenvalue weighted by atomic mass is 79.9. The Kier molecular flexibility index (Phi) is 4.36. The smallest absolute Gasteiger partial charge is 0.524 e. The standard InChI is InChI=1S/C9H13NO2.BrH/c1-9(2,3)12-8(11)10-6-4-5-7-10;/h4-7H,1-3H3;1H. The number of rotatable bonds is 0. The van der Waals surface area contributed by atoms with Gasteiger partial charge in [-0.05, 0) is 32.9 Å². The molecule has 0 unspecified atom stereocenters. The van der Waals surface area contributed by atoms with Crippen LogP contribution in [0.15, 0.2) is 24.6 Å². The first kappa shape index (κ1) is 12.4. The first-order valence-corrected chi connectivity index (χ1v) is 3.94. The second-order valence-corrected chi connectivity index (χ2v) is 3.68. The van der Waals surface area contributed by atoms with E-state index in [1.165, 1.54) is 0 Å². The molecule has 1 aliphatic heterocycles. The Morgan fingerprint density at radius 2 is 1.69 bits per heavy atom. The molecule has 0 radical (unpaired) electrons. The van der Waals surface area contributed by atoms with E-state index in [4.69, 9.17) is 4.74 Å². The van der Waals surface area contributed by atoms with Crippen molar-refractivity contribution in [2.24, 2.45) is 0 Å². The van der Waals surface area contributed by atoms with Gasteiger partial charge in [0.2, 0.25) is 0 Å². The average molecular weight is 248 g/mol. The van der Waals surface area contributed by atoms with Crippen LogP contribution in [0.3, 0.4) is 0 Å². The van der Waals surface area contributed by atoms with E-state index in [9.17, 15) is 4.79 Å². The van der Waals surface area contributed by atoms with Gasteiger partial charge in [-0.2, -0.15) is 9.69 Å². The lowest BCUT2D eigenvalue weighted by molar-refractivity contribution is -0.705. The van der Waals surface area contributed by atoms with Gasteiger partial charge in [-0.1, -0.05) is 0 Å². The fourth-order valence-corrected chi connectivity index (χ4v) is 0.847. The molecule has 74 valence electrons. The van der Waals surface area contributed by atoms with Crippen LogP contribution in [0.5, 0.6) is 0 Å². The summed E-state index contributed by atoms with van der Waals surface area (Å²) >= 11 is 0. The molecular weight excluding hydrogens is 234 g/mol. The van der Waals surface area contributed by atoms with Crippen LogP contribution in [0, 0.1) is 0 Å². The van der Waals surface area contributed by atoms with Gasteiger partial charge < -0.3 is 21.7 Å². The molecule has 0 saturated heterocycles. The number of carbonyl (C=O) groups is 1. The summed E-state index contributed by atoms with van der Waals surface area (Å²) in [5.41, 5.74) is -0.408. The lowest BCUT2D eigenvalue weighted by Crippen LogP contribution is -3.05. The largest absolute Gasteiger partial charge is 1.00 e. The predicted molar refractivity (Wildman–Crippen MR) is 45.5 cm³/mol. The van der Waals surface area contributed by atoms with Crippen LogP contribution in [0.4, 0.5) is 4.79 Å². The Morgan fingerprint density at radius 3 is 2.08 bits per heavy atom. The lowest BCUT2D eigenvalue weighted by atomic mass is 10.2. The molecule has 1 heterocycles. The third-order valence-electron chi connectivity index (χ3n) is 1.30.